The first-order chi connectivity index (χ1) is 34.0. The Morgan fingerprint density at radius 3 is 1.52 bits per heavy atom. The van der Waals surface area contributed by atoms with Crippen molar-refractivity contribution in [2.45, 2.75) is 50.4 Å². The van der Waals surface area contributed by atoms with Gasteiger partial charge in [-0.2, -0.15) is 0 Å². The summed E-state index contributed by atoms with van der Waals surface area (Å²) < 4.78 is 0. The van der Waals surface area contributed by atoms with Crippen molar-refractivity contribution in [3.8, 4) is 66.8 Å². The highest BCUT2D eigenvalue weighted by Gasteiger charge is 2.56. The fourth-order valence-corrected chi connectivity index (χ4v) is 14.0. The Bertz CT molecular complexity index is 3650. The molecule has 4 aliphatic rings. The number of benzene rings is 10. The monoisotopic (exact) mass is 883 g/mol. The van der Waals surface area contributed by atoms with Crippen molar-refractivity contribution in [1.82, 2.24) is 0 Å². The van der Waals surface area contributed by atoms with Crippen LogP contribution in [0.1, 0.15) is 61.8 Å². The number of nitrogens with zero attached hydrogens (tertiary/aromatic N) is 1. The lowest BCUT2D eigenvalue weighted by Gasteiger charge is -2.37. The second-order valence-corrected chi connectivity index (χ2v) is 20.8. The molecule has 3 atom stereocenters. The predicted molar refractivity (Wildman–Crippen MR) is 290 cm³/mol. The van der Waals surface area contributed by atoms with Crippen LogP contribution in [0.15, 0.2) is 224 Å². The first-order valence-corrected chi connectivity index (χ1v) is 25.1. The van der Waals surface area contributed by atoms with Crippen LogP contribution in [-0.4, -0.2) is 0 Å². The average molecular weight is 884 g/mol. The largest absolute Gasteiger partial charge is 0.310 e. The molecule has 2 bridgehead atoms. The Hall–Kier alpha value is -7.74. The summed E-state index contributed by atoms with van der Waals surface area (Å²) in [5, 5.41) is 2.54. The van der Waals surface area contributed by atoms with Crippen molar-refractivity contribution < 1.29 is 0 Å². The lowest BCUT2D eigenvalue weighted by Crippen LogP contribution is -2.32. The fourth-order valence-electron chi connectivity index (χ4n) is 14.0. The highest BCUT2D eigenvalue weighted by molar-refractivity contribution is 6.06. The second kappa shape index (κ2) is 15.4. The molecule has 1 heteroatoms. The minimum atomic E-state index is -0.110. The van der Waals surface area contributed by atoms with Gasteiger partial charge in [-0.15, -0.1) is 0 Å². The molecule has 0 aromatic heterocycles. The summed E-state index contributed by atoms with van der Waals surface area (Å²) in [5.74, 6) is 1.51. The number of hydrogen-bond acceptors (Lipinski definition) is 1. The van der Waals surface area contributed by atoms with Crippen LogP contribution in [0.5, 0.6) is 0 Å². The predicted octanol–water partition coefficient (Wildman–Crippen LogP) is 18.4. The van der Waals surface area contributed by atoms with E-state index >= 15 is 0 Å². The number of fused-ring (bicyclic) bond motifs is 12. The van der Waals surface area contributed by atoms with Gasteiger partial charge in [0.05, 0.1) is 0 Å². The number of rotatable bonds is 7. The Morgan fingerprint density at radius 2 is 0.870 bits per heavy atom. The molecule has 1 nitrogen and oxygen atoms in total. The lowest BCUT2D eigenvalue weighted by molar-refractivity contribution is 0.327. The van der Waals surface area contributed by atoms with Crippen LogP contribution in [0.3, 0.4) is 0 Å². The molecular weight excluding hydrogens is 831 g/mol. The molecule has 1 spiro atoms. The van der Waals surface area contributed by atoms with E-state index in [4.69, 9.17) is 0 Å². The van der Waals surface area contributed by atoms with E-state index in [1.165, 1.54) is 126 Å². The summed E-state index contributed by atoms with van der Waals surface area (Å²) in [7, 11) is 0. The fraction of sp³-hybridized carbons (Fsp3) is 0.147. The quantitative estimate of drug-likeness (QED) is 0.154. The number of hydrogen-bond donors (Lipinski definition) is 0. The van der Waals surface area contributed by atoms with Gasteiger partial charge in [-0.25, -0.2) is 0 Å². The van der Waals surface area contributed by atoms with Gasteiger partial charge >= 0.3 is 0 Å². The molecule has 330 valence electrons. The summed E-state index contributed by atoms with van der Waals surface area (Å²) in [5.41, 5.74) is 25.0. The molecule has 0 N–H and O–H groups in total. The normalized spacial score (nSPS) is 18.8. The van der Waals surface area contributed by atoms with Crippen molar-refractivity contribution in [2.24, 2.45) is 11.8 Å². The van der Waals surface area contributed by atoms with Crippen LogP contribution < -0.4 is 4.90 Å². The first kappa shape index (κ1) is 40.3. The standard InChI is InChI=1S/C68H53N/c1-67(2)62-27-10-8-22-58(62)61-26-14-25-60(66(61)67)56-20-7-6-19-53(56)46-30-35-50(36-31-46)69(52-39-40-59-57-21-9-11-28-63(57)68(64(59)42-52)43-44-29-34-49(68)41-44)51-37-32-47(33-38-51)55-24-13-18-48-17-12-23-54(65(48)55)45-15-4-3-5-16-45/h3-28,30-33,35-40,42,44,49H,29,34,41,43H2,1-2H3. The molecule has 69 heavy (non-hydrogen) atoms. The third-order valence-corrected chi connectivity index (χ3v) is 16.9. The van der Waals surface area contributed by atoms with E-state index in [1.807, 2.05) is 0 Å². The maximum atomic E-state index is 2.58. The Kier molecular flexibility index (Phi) is 9.00. The van der Waals surface area contributed by atoms with E-state index in [2.05, 4.69) is 243 Å². The molecule has 0 saturated heterocycles. The Morgan fingerprint density at radius 1 is 0.377 bits per heavy atom. The maximum Gasteiger partial charge on any atom is 0.0465 e. The van der Waals surface area contributed by atoms with Gasteiger partial charge in [-0.1, -0.05) is 208 Å². The van der Waals surface area contributed by atoms with Gasteiger partial charge in [0.2, 0.25) is 0 Å². The van der Waals surface area contributed by atoms with Crippen molar-refractivity contribution in [2.75, 3.05) is 4.90 Å². The molecular formula is C68H53N. The maximum absolute atomic E-state index is 2.58. The Balaban J connectivity index is 0.899. The highest BCUT2D eigenvalue weighted by atomic mass is 15.1. The van der Waals surface area contributed by atoms with Gasteiger partial charge in [0.1, 0.15) is 0 Å². The van der Waals surface area contributed by atoms with Crippen molar-refractivity contribution in [1.29, 1.82) is 0 Å². The topological polar surface area (TPSA) is 3.24 Å². The third kappa shape index (κ3) is 6.02. The van der Waals surface area contributed by atoms with E-state index in [0.717, 1.165) is 17.3 Å². The van der Waals surface area contributed by atoms with Gasteiger partial charge in [-0.3, -0.25) is 0 Å². The molecule has 3 unspecified atom stereocenters. The zero-order valence-electron chi connectivity index (χ0n) is 39.3. The van der Waals surface area contributed by atoms with Crippen LogP contribution >= 0.6 is 0 Å². The minimum absolute atomic E-state index is 0.0896. The zero-order chi connectivity index (χ0) is 45.8. The number of anilines is 3. The van der Waals surface area contributed by atoms with Crippen molar-refractivity contribution in [3.63, 3.8) is 0 Å². The molecule has 2 saturated carbocycles. The van der Waals surface area contributed by atoms with Gasteiger partial charge in [0.25, 0.3) is 0 Å². The van der Waals surface area contributed by atoms with Crippen molar-refractivity contribution >= 4 is 27.8 Å². The first-order valence-electron chi connectivity index (χ1n) is 25.1. The van der Waals surface area contributed by atoms with Gasteiger partial charge < -0.3 is 4.90 Å². The minimum Gasteiger partial charge on any atom is -0.310 e. The summed E-state index contributed by atoms with van der Waals surface area (Å²) in [4.78, 5) is 2.51. The van der Waals surface area contributed by atoms with Crippen LogP contribution in [0, 0.1) is 11.8 Å². The van der Waals surface area contributed by atoms with Crippen LogP contribution in [-0.2, 0) is 10.8 Å². The molecule has 14 rings (SSSR count). The molecule has 0 heterocycles. The smallest absolute Gasteiger partial charge is 0.0465 e. The molecule has 10 aromatic rings. The van der Waals surface area contributed by atoms with E-state index in [0.29, 0.717) is 5.92 Å². The molecule has 0 radical (unpaired) electrons. The van der Waals surface area contributed by atoms with Gasteiger partial charge in [0, 0.05) is 27.9 Å². The lowest BCUT2D eigenvalue weighted by atomic mass is 9.67. The molecule has 4 aliphatic carbocycles. The van der Waals surface area contributed by atoms with E-state index in [1.54, 1.807) is 5.56 Å². The summed E-state index contributed by atoms with van der Waals surface area (Å²) >= 11 is 0. The Labute approximate surface area is 406 Å². The van der Waals surface area contributed by atoms with Crippen LogP contribution in [0.4, 0.5) is 17.1 Å². The van der Waals surface area contributed by atoms with Gasteiger partial charge in [-0.05, 0) is 167 Å². The highest BCUT2D eigenvalue weighted by Crippen LogP contribution is 2.66. The van der Waals surface area contributed by atoms with Gasteiger partial charge in [0.15, 0.2) is 0 Å². The summed E-state index contributed by atoms with van der Waals surface area (Å²) in [6.45, 7) is 4.78. The molecule has 0 amide bonds. The summed E-state index contributed by atoms with van der Waals surface area (Å²) in [6, 6.07) is 84.6. The van der Waals surface area contributed by atoms with E-state index in [9.17, 15) is 0 Å². The van der Waals surface area contributed by atoms with E-state index in [-0.39, 0.29) is 10.8 Å². The summed E-state index contributed by atoms with van der Waals surface area (Å²) in [6.07, 6.45) is 5.31. The average Bonchev–Trinajstić information content (AvgIpc) is 4.16. The van der Waals surface area contributed by atoms with Crippen molar-refractivity contribution in [3.05, 3.63) is 247 Å². The zero-order valence-corrected chi connectivity index (χ0v) is 39.3. The molecule has 0 aliphatic heterocycles. The van der Waals surface area contributed by atoms with E-state index < -0.39 is 0 Å². The molecule has 2 fully saturated rings. The van der Waals surface area contributed by atoms with Crippen LogP contribution in [0.2, 0.25) is 0 Å². The SMILES string of the molecule is CC1(C)c2ccccc2-c2cccc(-c3ccccc3-c3ccc(N(c4ccc(-c5cccc6cccc(-c7ccccc7)c56)cc4)c4ccc5c(c4)C4(CC6CCC4C6)c4ccccc4-5)cc3)c21. The van der Waals surface area contributed by atoms with Crippen LogP contribution in [0.25, 0.3) is 77.5 Å². The third-order valence-electron chi connectivity index (χ3n) is 16.9. The second-order valence-electron chi connectivity index (χ2n) is 20.8. The molecule has 10 aromatic carbocycles.